The van der Waals surface area contributed by atoms with Crippen LogP contribution in [0, 0.1) is 0 Å². The lowest BCUT2D eigenvalue weighted by molar-refractivity contribution is -0.0328. The second-order valence-corrected chi connectivity index (χ2v) is 3.19. The Balaban J connectivity index is 3.28. The molecular weight excluding hydrogens is 179 g/mol. The molecule has 6 heteroatoms. The predicted octanol–water partition coefficient (Wildman–Crippen LogP) is 0.949. The Labute approximate surface area is 67.0 Å². The summed E-state index contributed by atoms with van der Waals surface area (Å²) in [5.74, 6) is -0.0920. The molecule has 0 saturated carbocycles. The number of hydrogen-bond donors (Lipinski definition) is 2. The van der Waals surface area contributed by atoms with Crippen molar-refractivity contribution < 1.29 is 18.3 Å². The van der Waals surface area contributed by atoms with Crippen LogP contribution in [-0.2, 0) is 0 Å². The van der Waals surface area contributed by atoms with Gasteiger partial charge in [-0.1, -0.05) is 11.8 Å². The molecule has 11 heavy (non-hydrogen) atoms. The van der Waals surface area contributed by atoms with Gasteiger partial charge in [-0.05, 0) is 6.42 Å². The first-order valence-electron chi connectivity index (χ1n) is 3.03. The first-order valence-corrected chi connectivity index (χ1v) is 4.01. The molecule has 0 aromatic carbocycles. The van der Waals surface area contributed by atoms with Crippen LogP contribution in [-0.4, -0.2) is 29.0 Å². The minimum absolute atomic E-state index is 0.0920. The lowest BCUT2D eigenvalue weighted by atomic mass is 10.3. The first kappa shape index (κ1) is 11.1. The normalized spacial score (nSPS) is 15.0. The summed E-state index contributed by atoms with van der Waals surface area (Å²) in [4.78, 5) is 0. The molecule has 0 bridgehead atoms. The smallest absolute Gasteiger partial charge is 0.395 e. The third kappa shape index (κ3) is 7.96. The summed E-state index contributed by atoms with van der Waals surface area (Å²) in [6.45, 7) is -0.265. The Bertz CT molecular complexity index is 108. The van der Waals surface area contributed by atoms with Gasteiger partial charge in [0.05, 0.1) is 6.61 Å². The molecular formula is C5H10F3NOS. The molecule has 3 N–H and O–H groups in total. The third-order valence-corrected chi connectivity index (χ3v) is 1.76. The van der Waals surface area contributed by atoms with Crippen molar-refractivity contribution in [2.24, 2.45) is 5.73 Å². The zero-order valence-corrected chi connectivity index (χ0v) is 6.58. The van der Waals surface area contributed by atoms with E-state index in [0.717, 1.165) is 0 Å². The molecule has 0 fully saturated rings. The van der Waals surface area contributed by atoms with E-state index in [1.165, 1.54) is 0 Å². The van der Waals surface area contributed by atoms with E-state index >= 15 is 0 Å². The van der Waals surface area contributed by atoms with Gasteiger partial charge in [-0.15, -0.1) is 0 Å². The van der Waals surface area contributed by atoms with E-state index in [4.69, 9.17) is 10.8 Å². The Morgan fingerprint density at radius 2 is 2.00 bits per heavy atom. The highest BCUT2D eigenvalue weighted by Gasteiger charge is 2.27. The standard InChI is InChI=1S/C5H10F3NOS/c6-5(7,8)11-2-1-4(9)3-10/h4,10H,1-3,9H2. The highest BCUT2D eigenvalue weighted by molar-refractivity contribution is 8.00. The summed E-state index contributed by atoms with van der Waals surface area (Å²) in [7, 11) is 0. The van der Waals surface area contributed by atoms with Crippen molar-refractivity contribution in [2.75, 3.05) is 12.4 Å². The van der Waals surface area contributed by atoms with Crippen LogP contribution in [0.3, 0.4) is 0 Å². The molecule has 1 atom stereocenters. The van der Waals surface area contributed by atoms with Gasteiger partial charge in [0.15, 0.2) is 0 Å². The van der Waals surface area contributed by atoms with Gasteiger partial charge in [-0.25, -0.2) is 0 Å². The Kier molecular flexibility index (Phi) is 4.87. The Morgan fingerprint density at radius 3 is 2.36 bits per heavy atom. The summed E-state index contributed by atoms with van der Waals surface area (Å²) in [5, 5.41) is 8.35. The predicted molar refractivity (Wildman–Crippen MR) is 38.2 cm³/mol. The number of rotatable bonds is 4. The van der Waals surface area contributed by atoms with E-state index in [2.05, 4.69) is 0 Å². The lowest BCUT2D eigenvalue weighted by Gasteiger charge is -2.08. The highest BCUT2D eigenvalue weighted by atomic mass is 32.2. The fraction of sp³-hybridized carbons (Fsp3) is 1.00. The van der Waals surface area contributed by atoms with Gasteiger partial charge in [0.1, 0.15) is 0 Å². The maximum absolute atomic E-state index is 11.5. The molecule has 0 aromatic rings. The molecule has 0 saturated heterocycles. The van der Waals surface area contributed by atoms with E-state index in [1.807, 2.05) is 0 Å². The van der Waals surface area contributed by atoms with Gasteiger partial charge in [-0.2, -0.15) is 13.2 Å². The highest BCUT2D eigenvalue weighted by Crippen LogP contribution is 2.30. The van der Waals surface area contributed by atoms with Crippen LogP contribution in [0.4, 0.5) is 13.2 Å². The Morgan fingerprint density at radius 1 is 1.45 bits per heavy atom. The minimum Gasteiger partial charge on any atom is -0.395 e. The van der Waals surface area contributed by atoms with E-state index < -0.39 is 11.6 Å². The molecule has 0 aromatic heterocycles. The summed E-state index contributed by atoms with van der Waals surface area (Å²) in [6.07, 6.45) is 0.181. The van der Waals surface area contributed by atoms with Crippen LogP contribution in [0.25, 0.3) is 0 Å². The number of alkyl halides is 3. The molecule has 0 rings (SSSR count). The van der Waals surface area contributed by atoms with Gasteiger partial charge in [0.25, 0.3) is 0 Å². The lowest BCUT2D eigenvalue weighted by Crippen LogP contribution is -2.25. The fourth-order valence-electron chi connectivity index (χ4n) is 0.417. The summed E-state index contributed by atoms with van der Waals surface area (Å²) in [5.41, 5.74) is 0.986. The number of hydrogen-bond acceptors (Lipinski definition) is 3. The zero-order valence-electron chi connectivity index (χ0n) is 5.77. The van der Waals surface area contributed by atoms with Gasteiger partial charge in [0.2, 0.25) is 0 Å². The van der Waals surface area contributed by atoms with Gasteiger partial charge < -0.3 is 10.8 Å². The van der Waals surface area contributed by atoms with Crippen molar-refractivity contribution in [3.63, 3.8) is 0 Å². The number of nitrogens with two attached hydrogens (primary N) is 1. The SMILES string of the molecule is NC(CO)CCSC(F)(F)F. The van der Waals surface area contributed by atoms with Crippen LogP contribution in [0.5, 0.6) is 0 Å². The van der Waals surface area contributed by atoms with Crippen molar-refractivity contribution in [1.82, 2.24) is 0 Å². The molecule has 0 heterocycles. The minimum atomic E-state index is -4.19. The van der Waals surface area contributed by atoms with Crippen molar-refractivity contribution >= 4 is 11.8 Å². The quantitative estimate of drug-likeness (QED) is 0.692. The molecule has 0 aliphatic heterocycles. The Hall–Kier alpha value is 0.0600. The van der Waals surface area contributed by atoms with Crippen molar-refractivity contribution in [1.29, 1.82) is 0 Å². The van der Waals surface area contributed by atoms with Crippen molar-refractivity contribution in [3.05, 3.63) is 0 Å². The zero-order chi connectivity index (χ0) is 8.91. The fourth-order valence-corrected chi connectivity index (χ4v) is 1.07. The van der Waals surface area contributed by atoms with Gasteiger partial charge in [-0.3, -0.25) is 0 Å². The average molecular weight is 189 g/mol. The second kappa shape index (κ2) is 4.84. The average Bonchev–Trinajstić information content (AvgIpc) is 1.85. The summed E-state index contributed by atoms with van der Waals surface area (Å²) in [6, 6.07) is -0.537. The number of halogens is 3. The van der Waals surface area contributed by atoms with Crippen molar-refractivity contribution in [2.45, 2.75) is 18.0 Å². The topological polar surface area (TPSA) is 46.2 Å². The molecule has 0 aliphatic rings. The van der Waals surface area contributed by atoms with E-state index in [1.54, 1.807) is 0 Å². The van der Waals surface area contributed by atoms with Crippen LogP contribution in [0.15, 0.2) is 0 Å². The number of aliphatic hydroxyl groups excluding tert-OH is 1. The molecule has 0 spiro atoms. The molecule has 0 amide bonds. The van der Waals surface area contributed by atoms with Gasteiger partial charge in [0, 0.05) is 11.8 Å². The van der Waals surface area contributed by atoms with Crippen LogP contribution in [0.1, 0.15) is 6.42 Å². The largest absolute Gasteiger partial charge is 0.441 e. The van der Waals surface area contributed by atoms with Crippen LogP contribution in [0.2, 0.25) is 0 Å². The molecule has 2 nitrogen and oxygen atoms in total. The molecule has 0 radical (unpaired) electrons. The first-order chi connectivity index (χ1) is 4.95. The third-order valence-electron chi connectivity index (χ3n) is 0.989. The van der Waals surface area contributed by atoms with Crippen LogP contribution < -0.4 is 5.73 Å². The molecule has 1 unspecified atom stereocenters. The molecule has 68 valence electrons. The van der Waals surface area contributed by atoms with Gasteiger partial charge >= 0.3 is 5.51 Å². The summed E-state index contributed by atoms with van der Waals surface area (Å²) >= 11 is -0.114. The van der Waals surface area contributed by atoms with Crippen molar-refractivity contribution in [3.8, 4) is 0 Å². The van der Waals surface area contributed by atoms with E-state index in [9.17, 15) is 13.2 Å². The van der Waals surface area contributed by atoms with Crippen LogP contribution >= 0.6 is 11.8 Å². The van der Waals surface area contributed by atoms with E-state index in [0.29, 0.717) is 0 Å². The molecule has 0 aliphatic carbocycles. The monoisotopic (exact) mass is 189 g/mol. The maximum Gasteiger partial charge on any atom is 0.441 e. The second-order valence-electron chi connectivity index (χ2n) is 2.03. The number of aliphatic hydroxyl groups is 1. The summed E-state index contributed by atoms with van der Waals surface area (Å²) < 4.78 is 34.4. The maximum atomic E-state index is 11.5. The number of thioether (sulfide) groups is 1. The van der Waals surface area contributed by atoms with E-state index in [-0.39, 0.29) is 30.5 Å².